The van der Waals surface area contributed by atoms with Crippen molar-refractivity contribution in [3.63, 3.8) is 0 Å². The van der Waals surface area contributed by atoms with Crippen LogP contribution in [-0.4, -0.2) is 23.0 Å². The number of carbonyl (C=O) groups is 1. The molecule has 0 saturated heterocycles. The van der Waals surface area contributed by atoms with E-state index in [4.69, 9.17) is 0 Å². The third-order valence-corrected chi connectivity index (χ3v) is 5.13. The van der Waals surface area contributed by atoms with Gasteiger partial charge in [-0.1, -0.05) is 36.4 Å². The zero-order valence-electron chi connectivity index (χ0n) is 14.4. The topological polar surface area (TPSA) is 40.5 Å². The predicted molar refractivity (Wildman–Crippen MR) is 103 cm³/mol. The molecule has 3 aromatic rings. The van der Waals surface area contributed by atoms with Crippen molar-refractivity contribution in [2.24, 2.45) is 0 Å². The van der Waals surface area contributed by atoms with E-state index in [2.05, 4.69) is 19.1 Å². The Bertz CT molecular complexity index is 885. The monoisotopic (exact) mass is 351 g/mol. The second-order valence-electron chi connectivity index (χ2n) is 6.07. The van der Waals surface area contributed by atoms with Gasteiger partial charge in [0.2, 0.25) is 0 Å². The van der Waals surface area contributed by atoms with Gasteiger partial charge in [0.25, 0.3) is 5.91 Å². The van der Waals surface area contributed by atoms with Crippen molar-refractivity contribution in [1.29, 1.82) is 0 Å². The molecule has 0 bridgehead atoms. The first-order chi connectivity index (χ1) is 12.1. The Morgan fingerprint density at radius 1 is 1.08 bits per heavy atom. The molecule has 3 rings (SSSR count). The van der Waals surface area contributed by atoms with Crippen LogP contribution in [-0.2, 0) is 13.2 Å². The van der Waals surface area contributed by atoms with Crippen LogP contribution in [0.4, 0.5) is 0 Å². The van der Waals surface area contributed by atoms with Gasteiger partial charge in [0, 0.05) is 22.4 Å². The fourth-order valence-corrected chi connectivity index (χ4v) is 3.80. The highest BCUT2D eigenvalue weighted by Gasteiger charge is 2.14. The second kappa shape index (κ2) is 7.64. The highest BCUT2D eigenvalue weighted by molar-refractivity contribution is 7.11. The molecule has 0 atom stereocenters. The van der Waals surface area contributed by atoms with E-state index in [1.807, 2.05) is 55.6 Å². The van der Waals surface area contributed by atoms with Crippen molar-refractivity contribution >= 4 is 17.2 Å². The van der Waals surface area contributed by atoms with Crippen LogP contribution in [0.5, 0.6) is 0 Å². The minimum absolute atomic E-state index is 0.00520. The van der Waals surface area contributed by atoms with Crippen LogP contribution in [0, 0.1) is 6.92 Å². The molecule has 4 heteroatoms. The Morgan fingerprint density at radius 2 is 1.88 bits per heavy atom. The summed E-state index contributed by atoms with van der Waals surface area (Å²) in [5, 5.41) is 9.54. The molecule has 1 N–H and O–H groups in total. The van der Waals surface area contributed by atoms with Gasteiger partial charge in [-0.3, -0.25) is 4.79 Å². The molecule has 0 spiro atoms. The van der Waals surface area contributed by atoms with Crippen molar-refractivity contribution in [2.75, 3.05) is 7.05 Å². The summed E-state index contributed by atoms with van der Waals surface area (Å²) in [6.07, 6.45) is 0. The van der Waals surface area contributed by atoms with Gasteiger partial charge in [0.05, 0.1) is 13.2 Å². The maximum absolute atomic E-state index is 12.8. The van der Waals surface area contributed by atoms with Gasteiger partial charge in [0.1, 0.15) is 0 Å². The first-order valence-electron chi connectivity index (χ1n) is 8.18. The van der Waals surface area contributed by atoms with E-state index in [-0.39, 0.29) is 12.5 Å². The quantitative estimate of drug-likeness (QED) is 0.736. The van der Waals surface area contributed by atoms with Crippen LogP contribution in [0.2, 0.25) is 0 Å². The number of nitrogens with zero attached hydrogens (tertiary/aromatic N) is 1. The number of hydrogen-bond acceptors (Lipinski definition) is 3. The van der Waals surface area contributed by atoms with Gasteiger partial charge in [-0.2, -0.15) is 0 Å². The average Bonchev–Trinajstić information content (AvgIpc) is 3.05. The van der Waals surface area contributed by atoms with Gasteiger partial charge in [-0.25, -0.2) is 0 Å². The lowest BCUT2D eigenvalue weighted by Crippen LogP contribution is -2.25. The SMILES string of the molecule is Cc1ccc(CN(C)C(=O)c2cccc(-c3ccccc3CO)c2)s1. The summed E-state index contributed by atoms with van der Waals surface area (Å²) >= 11 is 1.71. The molecule has 0 aliphatic rings. The Morgan fingerprint density at radius 3 is 2.60 bits per heavy atom. The Labute approximate surface area is 152 Å². The number of aliphatic hydroxyl groups excluding tert-OH is 1. The predicted octanol–water partition coefficient (Wildman–Crippen LogP) is 4.49. The third-order valence-electron chi connectivity index (χ3n) is 4.14. The minimum atomic E-state index is -0.0218. The molecule has 128 valence electrons. The molecule has 3 nitrogen and oxygen atoms in total. The fourth-order valence-electron chi connectivity index (χ4n) is 2.86. The molecule has 1 aromatic heterocycles. The lowest BCUT2D eigenvalue weighted by molar-refractivity contribution is 0.0786. The lowest BCUT2D eigenvalue weighted by atomic mass is 9.98. The van der Waals surface area contributed by atoms with Crippen molar-refractivity contribution in [3.05, 3.63) is 81.5 Å². The third kappa shape index (κ3) is 3.98. The van der Waals surface area contributed by atoms with E-state index in [0.29, 0.717) is 12.1 Å². The molecular formula is C21H21NO2S. The van der Waals surface area contributed by atoms with Crippen LogP contribution in [0.1, 0.15) is 25.7 Å². The Balaban J connectivity index is 1.84. The van der Waals surface area contributed by atoms with Gasteiger partial charge in [-0.05, 0) is 47.9 Å². The lowest BCUT2D eigenvalue weighted by Gasteiger charge is -2.17. The summed E-state index contributed by atoms with van der Waals surface area (Å²) in [5.41, 5.74) is 3.41. The van der Waals surface area contributed by atoms with Crippen LogP contribution < -0.4 is 0 Å². The zero-order chi connectivity index (χ0) is 17.8. The van der Waals surface area contributed by atoms with Crippen molar-refractivity contribution in [1.82, 2.24) is 4.90 Å². The summed E-state index contributed by atoms with van der Waals surface area (Å²) in [5.74, 6) is -0.00520. The van der Waals surface area contributed by atoms with Gasteiger partial charge in [-0.15, -0.1) is 11.3 Å². The maximum atomic E-state index is 12.8. The number of thiophene rings is 1. The molecule has 0 aliphatic heterocycles. The molecular weight excluding hydrogens is 330 g/mol. The number of aryl methyl sites for hydroxylation is 1. The Kier molecular flexibility index (Phi) is 5.31. The molecule has 0 radical (unpaired) electrons. The van der Waals surface area contributed by atoms with Crippen LogP contribution in [0.15, 0.2) is 60.7 Å². The van der Waals surface area contributed by atoms with E-state index < -0.39 is 0 Å². The molecule has 0 aliphatic carbocycles. The standard InChI is InChI=1S/C21H21NO2S/c1-15-10-11-19(25-15)13-22(2)21(24)17-8-5-7-16(12-17)20-9-4-3-6-18(20)14-23/h3-12,23H,13-14H2,1-2H3. The molecule has 1 amide bonds. The van der Waals surface area contributed by atoms with Crippen LogP contribution in [0.3, 0.4) is 0 Å². The summed E-state index contributed by atoms with van der Waals surface area (Å²) in [4.78, 5) is 16.9. The molecule has 0 unspecified atom stereocenters. The number of rotatable bonds is 5. The Hall–Kier alpha value is -2.43. The summed E-state index contributed by atoms with van der Waals surface area (Å²) in [6, 6.07) is 19.4. The minimum Gasteiger partial charge on any atom is -0.392 e. The zero-order valence-corrected chi connectivity index (χ0v) is 15.2. The first-order valence-corrected chi connectivity index (χ1v) is 9.00. The van der Waals surface area contributed by atoms with Gasteiger partial charge >= 0.3 is 0 Å². The number of carbonyl (C=O) groups excluding carboxylic acids is 1. The molecule has 1 heterocycles. The van der Waals surface area contributed by atoms with Crippen LogP contribution in [0.25, 0.3) is 11.1 Å². The molecule has 25 heavy (non-hydrogen) atoms. The highest BCUT2D eigenvalue weighted by Crippen LogP contribution is 2.25. The van der Waals surface area contributed by atoms with Gasteiger partial charge < -0.3 is 10.0 Å². The molecule has 0 fully saturated rings. The van der Waals surface area contributed by atoms with Crippen LogP contribution >= 0.6 is 11.3 Å². The number of benzene rings is 2. The van der Waals surface area contributed by atoms with Crippen molar-refractivity contribution in [2.45, 2.75) is 20.1 Å². The molecule has 0 saturated carbocycles. The second-order valence-corrected chi connectivity index (χ2v) is 7.44. The maximum Gasteiger partial charge on any atom is 0.253 e. The van der Waals surface area contributed by atoms with E-state index in [1.165, 1.54) is 9.75 Å². The smallest absolute Gasteiger partial charge is 0.253 e. The van der Waals surface area contributed by atoms with E-state index in [9.17, 15) is 9.90 Å². The molecule has 2 aromatic carbocycles. The number of amides is 1. The largest absolute Gasteiger partial charge is 0.392 e. The average molecular weight is 351 g/mol. The normalized spacial score (nSPS) is 10.7. The number of aliphatic hydroxyl groups is 1. The van der Waals surface area contributed by atoms with Crippen molar-refractivity contribution < 1.29 is 9.90 Å². The highest BCUT2D eigenvalue weighted by atomic mass is 32.1. The van der Waals surface area contributed by atoms with E-state index >= 15 is 0 Å². The summed E-state index contributed by atoms with van der Waals surface area (Å²) in [7, 11) is 1.83. The van der Waals surface area contributed by atoms with E-state index in [0.717, 1.165) is 16.7 Å². The summed E-state index contributed by atoms with van der Waals surface area (Å²) in [6.45, 7) is 2.65. The first kappa shape index (κ1) is 17.4. The van der Waals surface area contributed by atoms with Gasteiger partial charge in [0.15, 0.2) is 0 Å². The van der Waals surface area contributed by atoms with Crippen molar-refractivity contribution in [3.8, 4) is 11.1 Å². The summed E-state index contributed by atoms with van der Waals surface area (Å²) < 4.78 is 0. The fraction of sp³-hybridized carbons (Fsp3) is 0.190. The van der Waals surface area contributed by atoms with E-state index in [1.54, 1.807) is 16.2 Å². The number of hydrogen-bond donors (Lipinski definition) is 1.